The third kappa shape index (κ3) is 1.61. The smallest absolute Gasteiger partial charge is 0.0474 e. The highest BCUT2D eigenvalue weighted by atomic mass is 35.5. The molecule has 0 heterocycles. The number of fused-ring (bicyclic) bond motifs is 2. The molecule has 0 aliphatic heterocycles. The van der Waals surface area contributed by atoms with Crippen LogP contribution >= 0.6 is 11.6 Å². The molecule has 1 saturated carbocycles. The predicted octanol–water partition coefficient (Wildman–Crippen LogP) is 4.11. The van der Waals surface area contributed by atoms with Gasteiger partial charge in [-0.1, -0.05) is 36.4 Å². The van der Waals surface area contributed by atoms with Crippen molar-refractivity contribution in [2.24, 2.45) is 11.8 Å². The van der Waals surface area contributed by atoms with Gasteiger partial charge in [-0.2, -0.15) is 0 Å². The van der Waals surface area contributed by atoms with Crippen LogP contribution in [0.5, 0.6) is 0 Å². The van der Waals surface area contributed by atoms with Gasteiger partial charge in [-0.25, -0.2) is 0 Å². The molecule has 0 saturated heterocycles. The van der Waals surface area contributed by atoms with Crippen LogP contribution < -0.4 is 0 Å². The number of allylic oxidation sites excluding steroid dienone is 2. The highest BCUT2D eigenvalue weighted by Gasteiger charge is 2.36. The molecule has 3 unspecified atom stereocenters. The zero-order valence-corrected chi connectivity index (χ0v) is 9.45. The number of alkyl halides is 1. The van der Waals surface area contributed by atoms with Gasteiger partial charge >= 0.3 is 0 Å². The first kappa shape index (κ1) is 9.47. The minimum atomic E-state index is 0.629. The van der Waals surface area contributed by atoms with Gasteiger partial charge in [0.15, 0.2) is 0 Å². The van der Waals surface area contributed by atoms with Gasteiger partial charge in [-0.05, 0) is 41.7 Å². The van der Waals surface area contributed by atoms with Crippen LogP contribution in [0.25, 0.3) is 0 Å². The lowest BCUT2D eigenvalue weighted by atomic mass is 9.86. The molecule has 1 aromatic carbocycles. The second-order valence-electron chi connectivity index (χ2n) is 4.77. The van der Waals surface area contributed by atoms with Crippen molar-refractivity contribution in [3.63, 3.8) is 0 Å². The first-order chi connectivity index (χ1) is 7.36. The predicted molar refractivity (Wildman–Crippen MR) is 64.1 cm³/mol. The molecular weight excluding hydrogens is 204 g/mol. The monoisotopic (exact) mass is 218 g/mol. The maximum Gasteiger partial charge on any atom is 0.0474 e. The van der Waals surface area contributed by atoms with Crippen LogP contribution in [0.4, 0.5) is 0 Å². The highest BCUT2D eigenvalue weighted by Crippen LogP contribution is 2.48. The van der Waals surface area contributed by atoms with E-state index in [0.29, 0.717) is 5.88 Å². The molecule has 0 radical (unpaired) electrons. The van der Waals surface area contributed by atoms with Gasteiger partial charge in [0.25, 0.3) is 0 Å². The van der Waals surface area contributed by atoms with E-state index in [4.69, 9.17) is 11.6 Å². The summed E-state index contributed by atoms with van der Waals surface area (Å²) in [5.74, 6) is 3.02. The standard InChI is InChI=1S/C14H15Cl/c15-9-11-2-1-3-12(7-11)14-8-10-4-5-13(14)6-10/h1-5,7,10,13-14H,6,8-9H2. The molecule has 2 bridgehead atoms. The molecule has 3 atom stereocenters. The third-order valence-electron chi connectivity index (χ3n) is 3.81. The molecule has 2 aliphatic carbocycles. The summed E-state index contributed by atoms with van der Waals surface area (Å²) in [6, 6.07) is 8.80. The molecule has 0 aromatic heterocycles. The van der Waals surface area contributed by atoms with Crippen LogP contribution in [-0.2, 0) is 5.88 Å². The van der Waals surface area contributed by atoms with Crippen LogP contribution in [0.2, 0.25) is 0 Å². The van der Waals surface area contributed by atoms with Crippen LogP contribution in [-0.4, -0.2) is 0 Å². The van der Waals surface area contributed by atoms with E-state index in [1.165, 1.54) is 24.0 Å². The zero-order chi connectivity index (χ0) is 10.3. The Labute approximate surface area is 96.0 Å². The van der Waals surface area contributed by atoms with Crippen molar-refractivity contribution >= 4 is 11.6 Å². The van der Waals surface area contributed by atoms with E-state index in [1.807, 2.05) is 0 Å². The fraction of sp³-hybridized carbons (Fsp3) is 0.429. The Morgan fingerprint density at radius 3 is 2.80 bits per heavy atom. The van der Waals surface area contributed by atoms with Crippen molar-refractivity contribution in [2.45, 2.75) is 24.6 Å². The molecule has 0 spiro atoms. The normalized spacial score (nSPS) is 32.5. The second-order valence-corrected chi connectivity index (χ2v) is 5.03. The average Bonchev–Trinajstić information content (AvgIpc) is 2.91. The second kappa shape index (κ2) is 3.68. The SMILES string of the molecule is ClCc1cccc(C2CC3C=CC2C3)c1. The van der Waals surface area contributed by atoms with Crippen LogP contribution in [0.3, 0.4) is 0 Å². The van der Waals surface area contributed by atoms with Crippen molar-refractivity contribution in [3.05, 3.63) is 47.5 Å². The van der Waals surface area contributed by atoms with Gasteiger partial charge in [0.1, 0.15) is 0 Å². The van der Waals surface area contributed by atoms with Crippen molar-refractivity contribution in [1.29, 1.82) is 0 Å². The molecule has 1 fully saturated rings. The maximum absolute atomic E-state index is 5.87. The van der Waals surface area contributed by atoms with E-state index in [-0.39, 0.29) is 0 Å². The molecule has 15 heavy (non-hydrogen) atoms. The van der Waals surface area contributed by atoms with E-state index >= 15 is 0 Å². The Bertz CT molecular complexity index is 394. The Morgan fingerprint density at radius 2 is 2.13 bits per heavy atom. The van der Waals surface area contributed by atoms with Gasteiger partial charge in [0, 0.05) is 5.88 Å². The molecule has 0 amide bonds. The first-order valence-electron chi connectivity index (χ1n) is 5.70. The Kier molecular flexibility index (Phi) is 2.32. The van der Waals surface area contributed by atoms with Gasteiger partial charge in [0.2, 0.25) is 0 Å². The van der Waals surface area contributed by atoms with Crippen LogP contribution in [0.1, 0.15) is 29.9 Å². The summed E-state index contributed by atoms with van der Waals surface area (Å²) in [4.78, 5) is 0. The minimum absolute atomic E-state index is 0.629. The minimum Gasteiger partial charge on any atom is -0.122 e. The molecular formula is C14H15Cl. The van der Waals surface area contributed by atoms with Gasteiger partial charge in [-0.3, -0.25) is 0 Å². The number of rotatable bonds is 2. The fourth-order valence-corrected chi connectivity index (χ4v) is 3.24. The molecule has 1 heteroatoms. The number of benzene rings is 1. The summed E-state index contributed by atoms with van der Waals surface area (Å²) < 4.78 is 0. The highest BCUT2D eigenvalue weighted by molar-refractivity contribution is 6.17. The summed E-state index contributed by atoms with van der Waals surface area (Å²) in [6.45, 7) is 0. The summed E-state index contributed by atoms with van der Waals surface area (Å²) >= 11 is 5.87. The Hall–Kier alpha value is -0.750. The fourth-order valence-electron chi connectivity index (χ4n) is 3.07. The summed E-state index contributed by atoms with van der Waals surface area (Å²) in [6.07, 6.45) is 7.52. The quantitative estimate of drug-likeness (QED) is 0.518. The molecule has 1 aromatic rings. The zero-order valence-electron chi connectivity index (χ0n) is 8.70. The van der Waals surface area contributed by atoms with Crippen LogP contribution in [0.15, 0.2) is 36.4 Å². The van der Waals surface area contributed by atoms with E-state index in [9.17, 15) is 0 Å². The average molecular weight is 219 g/mol. The molecule has 0 N–H and O–H groups in total. The lowest BCUT2D eigenvalue weighted by Gasteiger charge is -2.18. The van der Waals surface area contributed by atoms with Crippen molar-refractivity contribution in [2.75, 3.05) is 0 Å². The van der Waals surface area contributed by atoms with Gasteiger partial charge in [-0.15, -0.1) is 11.6 Å². The van der Waals surface area contributed by atoms with Crippen molar-refractivity contribution in [1.82, 2.24) is 0 Å². The van der Waals surface area contributed by atoms with E-state index in [2.05, 4.69) is 36.4 Å². The molecule has 0 nitrogen and oxygen atoms in total. The van der Waals surface area contributed by atoms with Crippen molar-refractivity contribution < 1.29 is 0 Å². The topological polar surface area (TPSA) is 0 Å². The largest absolute Gasteiger partial charge is 0.122 e. The van der Waals surface area contributed by atoms with Gasteiger partial charge in [0.05, 0.1) is 0 Å². The van der Waals surface area contributed by atoms with Crippen molar-refractivity contribution in [3.8, 4) is 0 Å². The molecule has 3 rings (SSSR count). The van der Waals surface area contributed by atoms with Crippen LogP contribution in [0, 0.1) is 11.8 Å². The number of hydrogen-bond donors (Lipinski definition) is 0. The Balaban J connectivity index is 1.90. The summed E-state index contributed by atoms with van der Waals surface area (Å²) in [5, 5.41) is 0. The molecule has 2 aliphatic rings. The summed E-state index contributed by atoms with van der Waals surface area (Å²) in [5.41, 5.74) is 2.74. The van der Waals surface area contributed by atoms with Gasteiger partial charge < -0.3 is 0 Å². The van der Waals surface area contributed by atoms with E-state index < -0.39 is 0 Å². The number of hydrogen-bond acceptors (Lipinski definition) is 0. The lowest BCUT2D eigenvalue weighted by molar-refractivity contribution is 0.585. The summed E-state index contributed by atoms with van der Waals surface area (Å²) in [7, 11) is 0. The maximum atomic E-state index is 5.87. The number of halogens is 1. The van der Waals surface area contributed by atoms with E-state index in [1.54, 1.807) is 0 Å². The molecule has 78 valence electrons. The first-order valence-corrected chi connectivity index (χ1v) is 6.23. The third-order valence-corrected chi connectivity index (χ3v) is 4.12. The van der Waals surface area contributed by atoms with E-state index in [0.717, 1.165) is 17.8 Å². The lowest BCUT2D eigenvalue weighted by Crippen LogP contribution is -2.05. The Morgan fingerprint density at radius 1 is 1.20 bits per heavy atom.